The monoisotopic (exact) mass is 1160 g/mol. The van der Waals surface area contributed by atoms with Crippen molar-refractivity contribution in [2.45, 2.75) is 113 Å². The molecule has 2 N–H and O–H groups in total. The number of carbonyl (C=O) groups excluding carboxylic acids is 2. The Kier molecular flexibility index (Phi) is 18.5. The Bertz CT molecular complexity index is 3290. The molecule has 4 aliphatic rings. The van der Waals surface area contributed by atoms with Crippen molar-refractivity contribution in [3.8, 4) is 17.6 Å². The van der Waals surface area contributed by atoms with Crippen LogP contribution in [0.15, 0.2) is 123 Å². The van der Waals surface area contributed by atoms with Gasteiger partial charge in [0, 0.05) is 24.5 Å². The first-order valence-electron chi connectivity index (χ1n) is 26.0. The Balaban J connectivity index is 1.16. The van der Waals surface area contributed by atoms with E-state index in [4.69, 9.17) is 70.4 Å². The highest BCUT2D eigenvalue weighted by atomic mass is 31.2. The standard InChI is InChI=1S/C54H60N5O22P/c1-7-69-48(62)44-45(49(63)70-8-2)78-52(77-44)76-42-41(81-82(66,72-28-12-25-55)73-30-37-40-43(80-53(3,4)79-40)47(75-37)59-27-24-39(61)57-51(59)65)36(74-46(42)58-26-23-38(60)56-50(58)64)29-71-54(31-13-10-9-11-14-31,32-15-19-34(67-5)20-16-32)33-17-21-35(68-6)22-18-33/h9-11,13-24,26-27,36-37,40-47,52H,7-8,12,28-30H2,1-6H3,(H,56,60,64)(H,57,61,65)/t36-,37-,40-,41-,42-,43-,44-,45-,46-,47-,82?/m1/s1. The maximum absolute atomic E-state index is 15.7. The van der Waals surface area contributed by atoms with Crippen LogP contribution < -0.4 is 32.0 Å². The van der Waals surface area contributed by atoms with Crippen molar-refractivity contribution in [2.24, 2.45) is 0 Å². The van der Waals surface area contributed by atoms with Crippen molar-refractivity contribution < 1.29 is 84.6 Å². The van der Waals surface area contributed by atoms with Crippen molar-refractivity contribution in [3.63, 3.8) is 0 Å². The van der Waals surface area contributed by atoms with E-state index in [9.17, 15) is 34.0 Å². The summed E-state index contributed by atoms with van der Waals surface area (Å²) in [7, 11) is -2.14. The van der Waals surface area contributed by atoms with Crippen LogP contribution in [0.5, 0.6) is 11.5 Å². The summed E-state index contributed by atoms with van der Waals surface area (Å²) in [4.78, 5) is 82.8. The van der Waals surface area contributed by atoms with Crippen LogP contribution in [0.4, 0.5) is 0 Å². The number of rotatable bonds is 24. The van der Waals surface area contributed by atoms with E-state index in [0.29, 0.717) is 28.2 Å². The molecular formula is C54H60N5O22P. The van der Waals surface area contributed by atoms with Gasteiger partial charge in [0.05, 0.1) is 59.7 Å². The lowest BCUT2D eigenvalue weighted by Gasteiger charge is -2.37. The summed E-state index contributed by atoms with van der Waals surface area (Å²) in [6.07, 6.45) is -12.9. The van der Waals surface area contributed by atoms with Crippen LogP contribution in [0, 0.1) is 11.3 Å². The van der Waals surface area contributed by atoms with Gasteiger partial charge in [-0.25, -0.2) is 23.7 Å². The maximum atomic E-state index is 15.7. The molecule has 4 saturated heterocycles. The zero-order valence-electron chi connectivity index (χ0n) is 45.2. The first-order valence-corrected chi connectivity index (χ1v) is 27.4. The van der Waals surface area contributed by atoms with Gasteiger partial charge in [0.25, 0.3) is 17.6 Å². The Morgan fingerprint density at radius 2 is 1.20 bits per heavy atom. The van der Waals surface area contributed by atoms with Gasteiger partial charge in [0.2, 0.25) is 0 Å². The number of carbonyl (C=O) groups is 2. The van der Waals surface area contributed by atoms with Crippen LogP contribution in [0.3, 0.4) is 0 Å². The van der Waals surface area contributed by atoms with Crippen LogP contribution in [0.25, 0.3) is 0 Å². The smallest absolute Gasteiger partial charge is 0.475 e. The minimum Gasteiger partial charge on any atom is -0.497 e. The molecule has 0 saturated carbocycles. The molecule has 27 nitrogen and oxygen atoms in total. The number of hydrogen-bond donors (Lipinski definition) is 2. The lowest BCUT2D eigenvalue weighted by atomic mass is 9.80. The fraction of sp³-hybridized carbons (Fsp3) is 0.463. The van der Waals surface area contributed by atoms with Crippen molar-refractivity contribution in [3.05, 3.63) is 162 Å². The number of nitriles is 1. The van der Waals surface area contributed by atoms with Gasteiger partial charge in [-0.2, -0.15) is 5.26 Å². The van der Waals surface area contributed by atoms with Gasteiger partial charge in [0.1, 0.15) is 53.7 Å². The average molecular weight is 1160 g/mol. The topological polar surface area (TPSA) is 323 Å². The number of aromatic nitrogens is 4. The van der Waals surface area contributed by atoms with E-state index in [1.165, 1.54) is 34.3 Å². The van der Waals surface area contributed by atoms with E-state index in [1.54, 1.807) is 62.4 Å². The number of hydrogen-bond acceptors (Lipinski definition) is 23. The van der Waals surface area contributed by atoms with E-state index in [-0.39, 0.29) is 19.6 Å². The second kappa shape index (κ2) is 25.5. The number of methoxy groups -OCH3 is 2. The second-order valence-electron chi connectivity index (χ2n) is 19.1. The number of benzene rings is 3. The Hall–Kier alpha value is -7.16. The number of ether oxygens (including phenoxy) is 12. The van der Waals surface area contributed by atoms with E-state index >= 15 is 4.57 Å². The molecule has 28 heteroatoms. The number of nitrogens with zero attached hydrogens (tertiary/aromatic N) is 3. The Morgan fingerprint density at radius 3 is 1.72 bits per heavy atom. The third-order valence-corrected chi connectivity index (χ3v) is 15.0. The third kappa shape index (κ3) is 12.7. The molecular weight excluding hydrogens is 1100 g/mol. The molecule has 6 heterocycles. The van der Waals surface area contributed by atoms with Gasteiger partial charge in [-0.3, -0.25) is 42.3 Å². The van der Waals surface area contributed by atoms with Crippen molar-refractivity contribution in [2.75, 3.05) is 47.3 Å². The molecule has 0 radical (unpaired) electrons. The molecule has 0 amide bonds. The summed E-state index contributed by atoms with van der Waals surface area (Å²) >= 11 is 0. The highest BCUT2D eigenvalue weighted by Crippen LogP contribution is 2.55. The second-order valence-corrected chi connectivity index (χ2v) is 20.7. The summed E-state index contributed by atoms with van der Waals surface area (Å²) < 4.78 is 109. The predicted octanol–water partition coefficient (Wildman–Crippen LogP) is 3.45. The molecule has 82 heavy (non-hydrogen) atoms. The lowest BCUT2D eigenvalue weighted by molar-refractivity contribution is -0.280. The largest absolute Gasteiger partial charge is 0.497 e. The quantitative estimate of drug-likeness (QED) is 0.0387. The van der Waals surface area contributed by atoms with Crippen LogP contribution in [-0.4, -0.2) is 139 Å². The molecule has 3 aromatic carbocycles. The van der Waals surface area contributed by atoms with Gasteiger partial charge in [-0.1, -0.05) is 54.6 Å². The van der Waals surface area contributed by atoms with Gasteiger partial charge in [0.15, 0.2) is 30.5 Å². The Labute approximate surface area is 467 Å². The van der Waals surface area contributed by atoms with Crippen molar-refractivity contribution in [1.29, 1.82) is 5.26 Å². The molecule has 438 valence electrons. The molecule has 1 unspecified atom stereocenters. The fourth-order valence-electron chi connectivity index (χ4n) is 9.92. The normalized spacial score (nSPS) is 25.7. The summed E-state index contributed by atoms with van der Waals surface area (Å²) in [6, 6.07) is 27.3. The third-order valence-electron chi connectivity index (χ3n) is 13.5. The van der Waals surface area contributed by atoms with E-state index < -0.39 is 141 Å². The molecule has 0 bridgehead atoms. The number of H-pyrrole nitrogens is 2. The van der Waals surface area contributed by atoms with E-state index in [2.05, 4.69) is 9.97 Å². The summed E-state index contributed by atoms with van der Waals surface area (Å²) in [5, 5.41) is 9.68. The van der Waals surface area contributed by atoms with Crippen LogP contribution in [-0.2, 0) is 80.7 Å². The van der Waals surface area contributed by atoms with Gasteiger partial charge in [-0.15, -0.1) is 0 Å². The minimum atomic E-state index is -5.18. The van der Waals surface area contributed by atoms with Crippen molar-refractivity contribution in [1.82, 2.24) is 19.1 Å². The number of esters is 2. The molecule has 2 aromatic heterocycles. The van der Waals surface area contributed by atoms with E-state index in [1.807, 2.05) is 36.4 Å². The molecule has 9 rings (SSSR count). The lowest BCUT2D eigenvalue weighted by Crippen LogP contribution is -2.44. The molecule has 11 atom stereocenters. The fourth-order valence-corrected chi connectivity index (χ4v) is 11.3. The highest BCUT2D eigenvalue weighted by Gasteiger charge is 2.59. The van der Waals surface area contributed by atoms with Crippen LogP contribution >= 0.6 is 7.82 Å². The zero-order chi connectivity index (χ0) is 58.3. The maximum Gasteiger partial charge on any atom is 0.475 e. The molecule has 0 aliphatic carbocycles. The van der Waals surface area contributed by atoms with Gasteiger partial charge < -0.3 is 56.8 Å². The summed E-state index contributed by atoms with van der Waals surface area (Å²) in [5.41, 5.74) is -3.15. The summed E-state index contributed by atoms with van der Waals surface area (Å²) in [5.74, 6) is -2.24. The van der Waals surface area contributed by atoms with Crippen molar-refractivity contribution >= 4 is 19.8 Å². The minimum absolute atomic E-state index is 0.125. The predicted molar refractivity (Wildman–Crippen MR) is 279 cm³/mol. The van der Waals surface area contributed by atoms with Crippen LogP contribution in [0.2, 0.25) is 0 Å². The number of phosphoric acid groups is 1. The molecule has 5 aromatic rings. The SMILES string of the molecule is CCOC(=O)[C@@H]1OC(O[C@@H]2[C@H](OP(=O)(OCCC#N)OC[C@H]3O[C@@H](n4ccc(=O)[nH]c4=O)[C@@H]4OC(C)(C)O[C@@H]43)[C@@H](COC(c3ccccc3)(c3ccc(OC)cc3)c3ccc(OC)cc3)O[C@H]2n2ccc(=O)[nH]c2=O)O[C@H]1C(=O)OCC. The number of fused-ring (bicyclic) bond motifs is 1. The summed E-state index contributed by atoms with van der Waals surface area (Å²) in [6.45, 7) is 2.26. The first-order chi connectivity index (χ1) is 39.4. The number of nitrogens with one attached hydrogen (secondary N) is 2. The molecule has 0 spiro atoms. The average Bonchev–Trinajstić information content (AvgIpc) is 4.35. The zero-order valence-corrected chi connectivity index (χ0v) is 46.1. The number of phosphoric ester groups is 1. The molecule has 4 aliphatic heterocycles. The number of aromatic amines is 2. The van der Waals surface area contributed by atoms with E-state index in [0.717, 1.165) is 27.5 Å². The highest BCUT2D eigenvalue weighted by molar-refractivity contribution is 7.48. The Morgan fingerprint density at radius 1 is 0.671 bits per heavy atom. The molecule has 4 fully saturated rings. The first kappa shape index (κ1) is 59.5. The van der Waals surface area contributed by atoms with Gasteiger partial charge in [-0.05, 0) is 68.7 Å². The van der Waals surface area contributed by atoms with Crippen LogP contribution in [0.1, 0.15) is 63.3 Å². The van der Waals surface area contributed by atoms with Gasteiger partial charge >= 0.3 is 31.1 Å².